The van der Waals surface area contributed by atoms with Gasteiger partial charge in [-0.1, -0.05) is 24.3 Å². The maximum absolute atomic E-state index is 11.3. The van der Waals surface area contributed by atoms with Gasteiger partial charge in [0, 0.05) is 17.8 Å². The largest absolute Gasteiger partial charge is 0.480 e. The Kier molecular flexibility index (Phi) is 4.00. The van der Waals surface area contributed by atoms with Crippen molar-refractivity contribution in [3.8, 4) is 17.1 Å². The summed E-state index contributed by atoms with van der Waals surface area (Å²) >= 11 is 0. The van der Waals surface area contributed by atoms with Crippen molar-refractivity contribution in [2.45, 2.75) is 5.75 Å². The molecule has 0 spiro atoms. The summed E-state index contributed by atoms with van der Waals surface area (Å²) in [5.41, 5.74) is 2.97. The summed E-state index contributed by atoms with van der Waals surface area (Å²) in [6.07, 6.45) is 2.78. The van der Waals surface area contributed by atoms with E-state index in [1.165, 1.54) is 6.26 Å². The first kappa shape index (κ1) is 15.4. The predicted molar refractivity (Wildman–Crippen MR) is 90.1 cm³/mol. The van der Waals surface area contributed by atoms with E-state index in [9.17, 15) is 8.42 Å². The van der Waals surface area contributed by atoms with E-state index in [4.69, 9.17) is 4.74 Å². The van der Waals surface area contributed by atoms with Crippen LogP contribution in [0.2, 0.25) is 0 Å². The molecular weight excluding hydrogens is 312 g/mol. The van der Waals surface area contributed by atoms with Crippen LogP contribution in [0.4, 0.5) is 0 Å². The molecule has 0 bridgehead atoms. The number of hydrogen-bond acceptors (Lipinski definition) is 5. The molecule has 5 nitrogen and oxygen atoms in total. The summed E-state index contributed by atoms with van der Waals surface area (Å²) in [6, 6.07) is 13.3. The number of methoxy groups -OCH3 is 1. The summed E-state index contributed by atoms with van der Waals surface area (Å²) in [6.45, 7) is 0. The number of ether oxygens (including phenoxy) is 1. The lowest BCUT2D eigenvalue weighted by molar-refractivity contribution is 0.401. The molecule has 2 heterocycles. The summed E-state index contributed by atoms with van der Waals surface area (Å²) < 4.78 is 28.1. The highest BCUT2D eigenvalue weighted by molar-refractivity contribution is 7.89. The van der Waals surface area contributed by atoms with Gasteiger partial charge < -0.3 is 4.74 Å². The van der Waals surface area contributed by atoms with Crippen molar-refractivity contribution in [1.29, 1.82) is 0 Å². The Bertz CT molecular complexity index is 951. The maximum Gasteiger partial charge on any atom is 0.223 e. The van der Waals surface area contributed by atoms with Gasteiger partial charge in [0.1, 0.15) is 0 Å². The van der Waals surface area contributed by atoms with Gasteiger partial charge in [0.25, 0.3) is 0 Å². The number of fused-ring (bicyclic) bond motifs is 1. The van der Waals surface area contributed by atoms with E-state index in [0.717, 1.165) is 16.5 Å². The molecule has 0 N–H and O–H groups in total. The molecule has 0 saturated heterocycles. The standard InChI is InChI=1S/C17H16N2O3S/c1-22-17-14(9-13-5-3-4-6-15(13)19-17)16-8-7-12(10-18-16)11-23(2,20)21/h3-10H,11H2,1-2H3. The number of para-hydroxylation sites is 1. The fourth-order valence-corrected chi connectivity index (χ4v) is 3.19. The molecule has 3 aromatic rings. The topological polar surface area (TPSA) is 69.2 Å². The van der Waals surface area contributed by atoms with Crippen LogP contribution in [0.15, 0.2) is 48.7 Å². The highest BCUT2D eigenvalue weighted by Gasteiger charge is 2.12. The first-order valence-electron chi connectivity index (χ1n) is 7.03. The number of pyridine rings is 2. The molecule has 0 amide bonds. The van der Waals surface area contributed by atoms with E-state index in [-0.39, 0.29) is 5.75 Å². The molecule has 2 aromatic heterocycles. The molecule has 0 aliphatic carbocycles. The molecule has 0 atom stereocenters. The van der Waals surface area contributed by atoms with Gasteiger partial charge in [0.05, 0.1) is 29.6 Å². The van der Waals surface area contributed by atoms with Gasteiger partial charge in [-0.05, 0) is 23.8 Å². The lowest BCUT2D eigenvalue weighted by Gasteiger charge is -2.09. The van der Waals surface area contributed by atoms with Crippen molar-refractivity contribution in [1.82, 2.24) is 9.97 Å². The van der Waals surface area contributed by atoms with Crippen LogP contribution in [0, 0.1) is 0 Å². The molecule has 0 aliphatic rings. The number of rotatable bonds is 4. The van der Waals surface area contributed by atoms with E-state index in [1.807, 2.05) is 30.3 Å². The fraction of sp³-hybridized carbons (Fsp3) is 0.176. The van der Waals surface area contributed by atoms with Gasteiger partial charge >= 0.3 is 0 Å². The Morgan fingerprint density at radius 1 is 1.13 bits per heavy atom. The second kappa shape index (κ2) is 5.96. The fourth-order valence-electron chi connectivity index (χ4n) is 2.41. The van der Waals surface area contributed by atoms with Crippen molar-refractivity contribution in [2.24, 2.45) is 0 Å². The van der Waals surface area contributed by atoms with Gasteiger partial charge in [-0.15, -0.1) is 0 Å². The molecular formula is C17H16N2O3S. The Balaban J connectivity index is 2.05. The SMILES string of the molecule is COc1nc2ccccc2cc1-c1ccc(CS(C)(=O)=O)cn1. The van der Waals surface area contributed by atoms with Gasteiger partial charge in [0.15, 0.2) is 9.84 Å². The van der Waals surface area contributed by atoms with Crippen LogP contribution in [0.1, 0.15) is 5.56 Å². The first-order chi connectivity index (χ1) is 11.0. The van der Waals surface area contributed by atoms with Crippen LogP contribution >= 0.6 is 0 Å². The molecule has 118 valence electrons. The molecule has 1 aromatic carbocycles. The van der Waals surface area contributed by atoms with Crippen LogP contribution in [-0.2, 0) is 15.6 Å². The van der Waals surface area contributed by atoms with Gasteiger partial charge in [-0.25, -0.2) is 13.4 Å². The average molecular weight is 328 g/mol. The van der Waals surface area contributed by atoms with Crippen LogP contribution in [0.3, 0.4) is 0 Å². The highest BCUT2D eigenvalue weighted by Crippen LogP contribution is 2.30. The van der Waals surface area contributed by atoms with Gasteiger partial charge in [0.2, 0.25) is 5.88 Å². The molecule has 0 unspecified atom stereocenters. The van der Waals surface area contributed by atoms with Gasteiger partial charge in [-0.2, -0.15) is 0 Å². The Hall–Kier alpha value is -2.47. The van der Waals surface area contributed by atoms with E-state index in [0.29, 0.717) is 17.1 Å². The lowest BCUT2D eigenvalue weighted by Crippen LogP contribution is -2.01. The Labute approximate surface area is 134 Å². The molecule has 23 heavy (non-hydrogen) atoms. The minimum absolute atomic E-state index is 0.0205. The summed E-state index contributed by atoms with van der Waals surface area (Å²) in [5, 5.41) is 0.991. The van der Waals surface area contributed by atoms with Gasteiger partial charge in [-0.3, -0.25) is 4.98 Å². The highest BCUT2D eigenvalue weighted by atomic mass is 32.2. The maximum atomic E-state index is 11.3. The van der Waals surface area contributed by atoms with Crippen LogP contribution in [-0.4, -0.2) is 31.8 Å². The zero-order chi connectivity index (χ0) is 16.4. The Morgan fingerprint density at radius 3 is 2.57 bits per heavy atom. The number of nitrogens with zero attached hydrogens (tertiary/aromatic N) is 2. The van der Waals surface area contributed by atoms with E-state index < -0.39 is 9.84 Å². The van der Waals surface area contributed by atoms with E-state index >= 15 is 0 Å². The normalized spacial score (nSPS) is 11.6. The number of aromatic nitrogens is 2. The molecule has 0 aliphatic heterocycles. The smallest absolute Gasteiger partial charge is 0.223 e. The second-order valence-corrected chi connectivity index (χ2v) is 7.50. The summed E-state index contributed by atoms with van der Waals surface area (Å²) in [4.78, 5) is 8.86. The number of benzene rings is 1. The molecule has 0 radical (unpaired) electrons. The lowest BCUT2D eigenvalue weighted by atomic mass is 10.1. The van der Waals surface area contributed by atoms with Crippen molar-refractivity contribution in [2.75, 3.05) is 13.4 Å². The zero-order valence-electron chi connectivity index (χ0n) is 12.9. The van der Waals surface area contributed by atoms with Crippen molar-refractivity contribution >= 4 is 20.7 Å². The molecule has 0 fully saturated rings. The minimum Gasteiger partial charge on any atom is -0.480 e. The second-order valence-electron chi connectivity index (χ2n) is 5.36. The van der Waals surface area contributed by atoms with Crippen molar-refractivity contribution in [3.63, 3.8) is 0 Å². The summed E-state index contributed by atoms with van der Waals surface area (Å²) in [5.74, 6) is 0.472. The van der Waals surface area contributed by atoms with Crippen LogP contribution in [0.5, 0.6) is 5.88 Å². The van der Waals surface area contributed by atoms with Crippen LogP contribution in [0.25, 0.3) is 22.2 Å². The molecule has 6 heteroatoms. The average Bonchev–Trinajstić information content (AvgIpc) is 2.53. The monoisotopic (exact) mass is 328 g/mol. The van der Waals surface area contributed by atoms with E-state index in [1.54, 1.807) is 25.4 Å². The third-order valence-corrected chi connectivity index (χ3v) is 4.27. The summed E-state index contributed by atoms with van der Waals surface area (Å²) in [7, 11) is -1.51. The first-order valence-corrected chi connectivity index (χ1v) is 9.09. The minimum atomic E-state index is -3.07. The number of hydrogen-bond donors (Lipinski definition) is 0. The zero-order valence-corrected chi connectivity index (χ0v) is 13.7. The third kappa shape index (κ3) is 3.48. The van der Waals surface area contributed by atoms with Crippen LogP contribution < -0.4 is 4.74 Å². The number of sulfone groups is 1. The van der Waals surface area contributed by atoms with Crippen molar-refractivity contribution < 1.29 is 13.2 Å². The van der Waals surface area contributed by atoms with Crippen molar-refractivity contribution in [3.05, 3.63) is 54.2 Å². The Morgan fingerprint density at radius 2 is 1.91 bits per heavy atom. The molecule has 0 saturated carbocycles. The predicted octanol–water partition coefficient (Wildman–Crippen LogP) is 2.85. The third-order valence-electron chi connectivity index (χ3n) is 3.41. The quantitative estimate of drug-likeness (QED) is 0.736. The molecule has 3 rings (SSSR count). The van der Waals surface area contributed by atoms with E-state index in [2.05, 4.69) is 9.97 Å².